The van der Waals surface area contributed by atoms with Gasteiger partial charge < -0.3 is 4.18 Å². The summed E-state index contributed by atoms with van der Waals surface area (Å²) >= 11 is 2.90. The Kier molecular flexibility index (Phi) is 10.1. The van der Waals surface area contributed by atoms with Crippen LogP contribution < -0.4 is 4.18 Å². The van der Waals surface area contributed by atoms with Gasteiger partial charge in [0, 0.05) is 0 Å². The zero-order valence-electron chi connectivity index (χ0n) is 14.6. The van der Waals surface area contributed by atoms with Crippen molar-refractivity contribution in [2.24, 2.45) is 9.98 Å². The minimum absolute atomic E-state index is 0.330. The molecule has 4 nitrogen and oxygen atoms in total. The number of para-hydroxylation sites is 1. The van der Waals surface area contributed by atoms with Crippen LogP contribution in [0.2, 0.25) is 0 Å². The normalized spacial score (nSPS) is 18.4. The molecule has 2 saturated carbocycles. The first-order valence-electron chi connectivity index (χ1n) is 9.18. The van der Waals surface area contributed by atoms with Crippen LogP contribution in [0.1, 0.15) is 64.2 Å². The largest absolute Gasteiger partial charge is 0.401 e. The van der Waals surface area contributed by atoms with Crippen LogP contribution in [0, 0.1) is 0 Å². The summed E-state index contributed by atoms with van der Waals surface area (Å²) < 4.78 is 15.5. The molecule has 0 unspecified atom stereocenters. The van der Waals surface area contributed by atoms with Crippen LogP contribution >= 0.6 is 15.9 Å². The Morgan fingerprint density at radius 2 is 1.44 bits per heavy atom. The zero-order valence-corrected chi connectivity index (χ0v) is 17.1. The Morgan fingerprint density at radius 3 is 1.92 bits per heavy atom. The summed E-state index contributed by atoms with van der Waals surface area (Å²) in [6.45, 7) is 0. The van der Waals surface area contributed by atoms with Gasteiger partial charge in [0.05, 0.1) is 22.6 Å². The number of halogens is 1. The first-order valence-corrected chi connectivity index (χ1v) is 10.7. The van der Waals surface area contributed by atoms with Gasteiger partial charge in [0.15, 0.2) is 17.7 Å². The zero-order chi connectivity index (χ0) is 17.7. The van der Waals surface area contributed by atoms with Gasteiger partial charge in [-0.1, -0.05) is 50.7 Å². The molecule has 138 valence electrons. The summed E-state index contributed by atoms with van der Waals surface area (Å²) in [6.07, 6.45) is 13.2. The molecule has 2 aliphatic carbocycles. The topological polar surface area (TPSA) is 51.0 Å². The molecule has 0 aromatic heterocycles. The van der Waals surface area contributed by atoms with Crippen LogP contribution in [0.15, 0.2) is 38.7 Å². The number of benzene rings is 1. The van der Waals surface area contributed by atoms with Gasteiger partial charge in [-0.15, -0.1) is 0 Å². The van der Waals surface area contributed by atoms with Gasteiger partial charge in [0.1, 0.15) is 0 Å². The highest BCUT2D eigenvalue weighted by Gasteiger charge is 2.12. The molecule has 1 aromatic rings. The maximum Gasteiger partial charge on any atom is 0.193 e. The third-order valence-corrected chi connectivity index (χ3v) is 5.53. The highest BCUT2D eigenvalue weighted by atomic mass is 79.9. The number of nitrogens with zero attached hydrogens (tertiary/aromatic N) is 2. The summed E-state index contributed by atoms with van der Waals surface area (Å²) in [6, 6.07) is 11.3. The molecule has 0 bridgehead atoms. The van der Waals surface area contributed by atoms with E-state index >= 15 is 0 Å². The van der Waals surface area contributed by atoms with Crippen molar-refractivity contribution in [1.29, 1.82) is 0 Å². The average molecular weight is 427 g/mol. The van der Waals surface area contributed by atoms with E-state index in [2.05, 4.69) is 31.9 Å². The quantitative estimate of drug-likeness (QED) is 0.509. The Bertz CT molecular complexity index is 557. The molecular weight excluding hydrogens is 400 g/mol. The van der Waals surface area contributed by atoms with E-state index in [9.17, 15) is 4.21 Å². The average Bonchev–Trinajstić information content (AvgIpc) is 2.66. The summed E-state index contributed by atoms with van der Waals surface area (Å²) in [7, 11) is 0. The van der Waals surface area contributed by atoms with Gasteiger partial charge in [-0.25, -0.2) is 14.2 Å². The van der Waals surface area contributed by atoms with E-state index in [1.807, 2.05) is 18.2 Å². The number of hydrogen-bond donors (Lipinski definition) is 1. The molecule has 1 aromatic carbocycles. The minimum Gasteiger partial charge on any atom is -0.401 e. The van der Waals surface area contributed by atoms with Crippen LogP contribution in [0.25, 0.3) is 0 Å². The molecule has 0 spiro atoms. The van der Waals surface area contributed by atoms with Crippen LogP contribution in [-0.4, -0.2) is 22.3 Å². The van der Waals surface area contributed by atoms with Crippen molar-refractivity contribution in [3.05, 3.63) is 28.7 Å². The van der Waals surface area contributed by atoms with Crippen molar-refractivity contribution in [2.45, 2.75) is 76.3 Å². The van der Waals surface area contributed by atoms with Gasteiger partial charge in [-0.2, -0.15) is 0 Å². The second kappa shape index (κ2) is 12.4. The Balaban J connectivity index is 0.000000196. The van der Waals surface area contributed by atoms with Crippen molar-refractivity contribution < 1.29 is 8.39 Å². The van der Waals surface area contributed by atoms with Crippen molar-refractivity contribution in [2.75, 3.05) is 0 Å². The van der Waals surface area contributed by atoms with E-state index in [1.54, 1.807) is 6.07 Å². The molecule has 2 fully saturated rings. The van der Waals surface area contributed by atoms with Crippen LogP contribution in [0.4, 0.5) is 0 Å². The molecule has 25 heavy (non-hydrogen) atoms. The fraction of sp³-hybridized carbons (Fsp3) is 0.632. The van der Waals surface area contributed by atoms with Gasteiger partial charge in [0.2, 0.25) is 0 Å². The number of hydrogen-bond acceptors (Lipinski definition) is 4. The van der Waals surface area contributed by atoms with Gasteiger partial charge in [-0.3, -0.25) is 0 Å². The Labute approximate surface area is 163 Å². The molecular formula is C19H27BrN2O2S. The molecule has 0 N–H and O–H groups in total. The van der Waals surface area contributed by atoms with Gasteiger partial charge in [0.25, 0.3) is 0 Å². The van der Waals surface area contributed by atoms with E-state index in [1.165, 1.54) is 64.2 Å². The predicted molar refractivity (Wildman–Crippen MR) is 108 cm³/mol. The summed E-state index contributed by atoms with van der Waals surface area (Å²) in [5.41, 5.74) is 0. The molecule has 3 rings (SSSR count). The van der Waals surface area contributed by atoms with E-state index in [0.717, 1.165) is 4.47 Å². The molecule has 2 aliphatic rings. The third kappa shape index (κ3) is 8.30. The summed E-state index contributed by atoms with van der Waals surface area (Å²) in [4.78, 5) is 8.92. The van der Waals surface area contributed by atoms with Crippen LogP contribution in [0.5, 0.6) is 5.75 Å². The monoisotopic (exact) mass is 426 g/mol. The maximum absolute atomic E-state index is 9.98. The number of thiol groups is 1. The SMILES string of the molecule is C(=NC1CCCCC1)=NC1CCCCC1.O=[SH]Oc1ccccc1Br. The molecule has 0 saturated heterocycles. The molecule has 0 heterocycles. The summed E-state index contributed by atoms with van der Waals surface area (Å²) in [5, 5.41) is 0. The fourth-order valence-electron chi connectivity index (χ4n) is 3.18. The molecule has 0 atom stereocenters. The lowest BCUT2D eigenvalue weighted by molar-refractivity contribution is 0.438. The second-order valence-corrected chi connectivity index (χ2v) is 7.72. The van der Waals surface area contributed by atoms with E-state index < -0.39 is 0 Å². The third-order valence-electron chi connectivity index (χ3n) is 4.60. The van der Waals surface area contributed by atoms with Crippen LogP contribution in [-0.2, 0) is 11.9 Å². The van der Waals surface area contributed by atoms with Crippen molar-refractivity contribution in [3.63, 3.8) is 0 Å². The number of rotatable bonds is 4. The van der Waals surface area contributed by atoms with Crippen LogP contribution in [0.3, 0.4) is 0 Å². The molecule has 6 heteroatoms. The first kappa shape index (κ1) is 20.3. The first-order chi connectivity index (χ1) is 12.3. The fourth-order valence-corrected chi connectivity index (χ4v) is 3.91. The van der Waals surface area contributed by atoms with Crippen molar-refractivity contribution in [3.8, 4) is 5.75 Å². The molecule has 0 aliphatic heterocycles. The molecule has 0 radical (unpaired) electrons. The Morgan fingerprint density at radius 1 is 0.920 bits per heavy atom. The standard InChI is InChI=1S/C13H22N2.C6H5BrO2S/c1-3-7-12(8-4-1)14-11-15-13-9-5-2-6-10-13;7-5-3-1-2-4-6(5)9-10-8/h12-13H,1-10H2;1-4,10H. The van der Waals surface area contributed by atoms with Crippen molar-refractivity contribution in [1.82, 2.24) is 0 Å². The van der Waals surface area contributed by atoms with Gasteiger partial charge in [-0.05, 0) is 53.7 Å². The number of aliphatic imine (C=N–C) groups is 2. The predicted octanol–water partition coefficient (Wildman–Crippen LogP) is 5.51. The highest BCUT2D eigenvalue weighted by molar-refractivity contribution is 9.10. The molecule has 0 amide bonds. The highest BCUT2D eigenvalue weighted by Crippen LogP contribution is 2.23. The minimum atomic E-state index is -0.330. The van der Waals surface area contributed by atoms with Gasteiger partial charge >= 0.3 is 0 Å². The lowest BCUT2D eigenvalue weighted by Crippen LogP contribution is -2.10. The second-order valence-electron chi connectivity index (χ2n) is 6.54. The lowest BCUT2D eigenvalue weighted by atomic mass is 9.96. The smallest absolute Gasteiger partial charge is 0.193 e. The lowest BCUT2D eigenvalue weighted by Gasteiger charge is -2.17. The Hall–Kier alpha value is -0.970. The van der Waals surface area contributed by atoms with E-state index in [4.69, 9.17) is 4.18 Å². The van der Waals surface area contributed by atoms with Crippen molar-refractivity contribution >= 4 is 33.9 Å². The van der Waals surface area contributed by atoms with E-state index in [0.29, 0.717) is 17.8 Å². The summed E-state index contributed by atoms with van der Waals surface area (Å²) in [5.74, 6) is 0.583. The van der Waals surface area contributed by atoms with E-state index in [-0.39, 0.29) is 11.9 Å². The maximum atomic E-state index is 9.98.